The zero-order valence-corrected chi connectivity index (χ0v) is 22.9. The average molecular weight is 572 g/mol. The quantitative estimate of drug-likeness (QED) is 0.243. The van der Waals surface area contributed by atoms with Gasteiger partial charge in [0, 0.05) is 48.5 Å². The molecule has 10 heteroatoms. The number of piperidine rings is 1. The standard InChI is InChI=1S/C29H28Cl2FN3O4/c1-34-23-8-3-2-5-18(23)24(29(36)37)28(34)35-12-11-22(32)17(13-35)14-38-15-19-26(33-39-27(19)16-9-10-16)25-20(30)6-4-7-21(25)31/h2-8,16-17,22H,9-15H2,1H3,(H,36,37). The van der Waals surface area contributed by atoms with Crippen LogP contribution in [0, 0.1) is 5.92 Å². The minimum absolute atomic E-state index is 0.162. The Morgan fingerprint density at radius 1 is 1.15 bits per heavy atom. The Morgan fingerprint density at radius 2 is 1.90 bits per heavy atom. The number of alkyl halides is 1. The Kier molecular flexibility index (Phi) is 7.04. The van der Waals surface area contributed by atoms with Crippen LogP contribution in [0.4, 0.5) is 10.2 Å². The highest BCUT2D eigenvalue weighted by molar-refractivity contribution is 6.39. The van der Waals surface area contributed by atoms with E-state index in [0.29, 0.717) is 45.6 Å². The van der Waals surface area contributed by atoms with Gasteiger partial charge in [-0.05, 0) is 37.5 Å². The Morgan fingerprint density at radius 3 is 2.62 bits per heavy atom. The third kappa shape index (κ3) is 4.79. The van der Waals surface area contributed by atoms with Gasteiger partial charge in [0.05, 0.1) is 28.8 Å². The molecule has 2 fully saturated rings. The molecule has 7 nitrogen and oxygen atoms in total. The van der Waals surface area contributed by atoms with E-state index in [0.717, 1.165) is 29.7 Å². The lowest BCUT2D eigenvalue weighted by Crippen LogP contribution is -2.44. The maximum absolute atomic E-state index is 15.1. The normalized spacial score (nSPS) is 19.6. The van der Waals surface area contributed by atoms with Crippen LogP contribution >= 0.6 is 23.2 Å². The number of benzene rings is 2. The first-order valence-electron chi connectivity index (χ1n) is 13.1. The molecule has 0 bridgehead atoms. The maximum Gasteiger partial charge on any atom is 0.340 e. The molecule has 0 spiro atoms. The van der Waals surface area contributed by atoms with Crippen molar-refractivity contribution in [3.63, 3.8) is 0 Å². The monoisotopic (exact) mass is 571 g/mol. The summed E-state index contributed by atoms with van der Waals surface area (Å²) in [5.74, 6) is 0.208. The van der Waals surface area contributed by atoms with E-state index in [1.807, 2.05) is 40.8 Å². The molecule has 1 aliphatic heterocycles. The predicted molar refractivity (Wildman–Crippen MR) is 149 cm³/mol. The predicted octanol–water partition coefficient (Wildman–Crippen LogP) is 7.10. The molecule has 2 aliphatic rings. The van der Waals surface area contributed by atoms with Gasteiger partial charge in [-0.2, -0.15) is 0 Å². The smallest absolute Gasteiger partial charge is 0.340 e. The topological polar surface area (TPSA) is 80.7 Å². The Hall–Kier alpha value is -3.07. The minimum atomic E-state index is -1.06. The highest BCUT2D eigenvalue weighted by Crippen LogP contribution is 2.46. The van der Waals surface area contributed by atoms with Crippen LogP contribution in [0.3, 0.4) is 0 Å². The van der Waals surface area contributed by atoms with E-state index in [1.165, 1.54) is 0 Å². The Bertz CT molecular complexity index is 1530. The number of carbonyl (C=O) groups is 1. The number of hydrogen-bond donors (Lipinski definition) is 1. The van der Waals surface area contributed by atoms with Gasteiger partial charge in [0.1, 0.15) is 29.0 Å². The van der Waals surface area contributed by atoms with Crippen LogP contribution in [-0.2, 0) is 18.4 Å². The van der Waals surface area contributed by atoms with E-state index >= 15 is 4.39 Å². The van der Waals surface area contributed by atoms with Gasteiger partial charge in [0.25, 0.3) is 0 Å². The molecule has 4 aromatic rings. The first-order chi connectivity index (χ1) is 18.8. The van der Waals surface area contributed by atoms with E-state index in [1.54, 1.807) is 18.2 Å². The van der Waals surface area contributed by atoms with Gasteiger partial charge in [-0.3, -0.25) is 0 Å². The van der Waals surface area contributed by atoms with Crippen molar-refractivity contribution in [3.8, 4) is 11.3 Å². The number of carboxylic acid groups (broad SMARTS) is 1. The molecule has 1 saturated carbocycles. The fourth-order valence-corrected chi connectivity index (χ4v) is 6.25. The lowest BCUT2D eigenvalue weighted by Gasteiger charge is -2.36. The maximum atomic E-state index is 15.1. The van der Waals surface area contributed by atoms with Crippen molar-refractivity contribution in [2.75, 3.05) is 24.6 Å². The summed E-state index contributed by atoms with van der Waals surface area (Å²) in [6.45, 7) is 1.11. The fourth-order valence-electron chi connectivity index (χ4n) is 5.67. The van der Waals surface area contributed by atoms with E-state index in [9.17, 15) is 9.90 Å². The van der Waals surface area contributed by atoms with E-state index in [2.05, 4.69) is 5.16 Å². The van der Waals surface area contributed by atoms with Gasteiger partial charge in [0.2, 0.25) is 0 Å². The molecule has 39 heavy (non-hydrogen) atoms. The van der Waals surface area contributed by atoms with E-state index < -0.39 is 18.1 Å². The molecular formula is C29H28Cl2FN3O4. The number of ether oxygens (including phenoxy) is 1. The summed E-state index contributed by atoms with van der Waals surface area (Å²) >= 11 is 12.9. The molecule has 204 valence electrons. The number of nitrogens with zero attached hydrogens (tertiary/aromatic N) is 3. The first kappa shape index (κ1) is 26.2. The molecule has 1 N–H and O–H groups in total. The van der Waals surface area contributed by atoms with E-state index in [-0.39, 0.29) is 31.1 Å². The molecule has 0 amide bonds. The van der Waals surface area contributed by atoms with E-state index in [4.69, 9.17) is 32.5 Å². The molecule has 1 saturated heterocycles. The largest absolute Gasteiger partial charge is 0.478 e. The van der Waals surface area contributed by atoms with Crippen molar-refractivity contribution < 1.29 is 23.6 Å². The van der Waals surface area contributed by atoms with Gasteiger partial charge >= 0.3 is 5.97 Å². The second-order valence-corrected chi connectivity index (χ2v) is 11.2. The summed E-state index contributed by atoms with van der Waals surface area (Å²) in [4.78, 5) is 14.2. The van der Waals surface area contributed by atoms with Gasteiger partial charge < -0.3 is 23.8 Å². The third-order valence-electron chi connectivity index (χ3n) is 7.78. The first-order valence-corrected chi connectivity index (χ1v) is 13.8. The molecule has 6 rings (SSSR count). The highest BCUT2D eigenvalue weighted by Gasteiger charge is 2.36. The number of anilines is 1. The molecule has 2 aromatic heterocycles. The number of aromatic nitrogens is 2. The number of para-hydroxylation sites is 1. The Labute approximate surface area is 235 Å². The van der Waals surface area contributed by atoms with Gasteiger partial charge in [0.15, 0.2) is 0 Å². The van der Waals surface area contributed by atoms with Crippen molar-refractivity contribution >= 4 is 45.9 Å². The summed E-state index contributed by atoms with van der Waals surface area (Å²) in [6.07, 6.45) is 1.25. The molecule has 0 radical (unpaired) electrons. The highest BCUT2D eigenvalue weighted by atomic mass is 35.5. The van der Waals surface area contributed by atoms with Gasteiger partial charge in [-0.15, -0.1) is 0 Å². The summed E-state index contributed by atoms with van der Waals surface area (Å²) in [5, 5.41) is 15.9. The SMILES string of the molecule is Cn1c(N2CCC(F)C(COCc3c(-c4c(Cl)cccc4Cl)noc3C3CC3)C2)c(C(=O)O)c2ccccc21. The number of carboxylic acids is 1. The number of aryl methyl sites for hydroxylation is 1. The summed E-state index contributed by atoms with van der Waals surface area (Å²) < 4.78 is 28.9. The number of fused-ring (bicyclic) bond motifs is 1. The van der Waals surface area contributed by atoms with Crippen LogP contribution in [0.25, 0.3) is 22.2 Å². The van der Waals surface area contributed by atoms with Gasteiger partial charge in [-0.25, -0.2) is 9.18 Å². The summed E-state index contributed by atoms with van der Waals surface area (Å²) in [5.41, 5.74) is 3.00. The van der Waals surface area contributed by atoms with Crippen molar-refractivity contribution in [3.05, 3.63) is 69.4 Å². The zero-order valence-electron chi connectivity index (χ0n) is 21.4. The van der Waals surface area contributed by atoms with Gasteiger partial charge in [-0.1, -0.05) is 52.6 Å². The molecule has 3 heterocycles. The second kappa shape index (κ2) is 10.5. The lowest BCUT2D eigenvalue weighted by atomic mass is 9.96. The van der Waals surface area contributed by atoms with Crippen LogP contribution in [0.5, 0.6) is 0 Å². The van der Waals surface area contributed by atoms with Crippen LogP contribution < -0.4 is 4.90 Å². The van der Waals surface area contributed by atoms with Crippen molar-refractivity contribution in [1.29, 1.82) is 0 Å². The number of rotatable bonds is 8. The lowest BCUT2D eigenvalue weighted by molar-refractivity contribution is 0.0469. The number of halogens is 3. The van der Waals surface area contributed by atoms with Crippen LogP contribution in [0.15, 0.2) is 47.0 Å². The molecule has 2 unspecified atom stereocenters. The third-order valence-corrected chi connectivity index (χ3v) is 8.41. The minimum Gasteiger partial charge on any atom is -0.478 e. The van der Waals surface area contributed by atoms with Crippen LogP contribution in [-0.4, -0.2) is 46.7 Å². The number of hydrogen-bond acceptors (Lipinski definition) is 5. The summed E-state index contributed by atoms with van der Waals surface area (Å²) in [6, 6.07) is 12.7. The average Bonchev–Trinajstić information content (AvgIpc) is 3.61. The molecule has 2 aromatic carbocycles. The van der Waals surface area contributed by atoms with Crippen molar-refractivity contribution in [2.24, 2.45) is 13.0 Å². The summed E-state index contributed by atoms with van der Waals surface area (Å²) in [7, 11) is 1.85. The fraction of sp³-hybridized carbons (Fsp3) is 0.379. The van der Waals surface area contributed by atoms with Crippen molar-refractivity contribution in [1.82, 2.24) is 9.72 Å². The molecular weight excluding hydrogens is 544 g/mol. The molecule has 1 aliphatic carbocycles. The van der Waals surface area contributed by atoms with Crippen LogP contribution in [0.2, 0.25) is 10.0 Å². The zero-order chi connectivity index (χ0) is 27.3. The second-order valence-electron chi connectivity index (χ2n) is 10.4. The van der Waals surface area contributed by atoms with Crippen molar-refractivity contribution in [2.45, 2.75) is 38.0 Å². The number of aromatic carboxylic acids is 1. The van der Waals surface area contributed by atoms with Crippen LogP contribution in [0.1, 0.15) is 46.9 Å². The Balaban J connectivity index is 1.23. The molecule has 2 atom stereocenters.